The van der Waals surface area contributed by atoms with Crippen molar-refractivity contribution < 1.29 is 8.42 Å². The van der Waals surface area contributed by atoms with Crippen LogP contribution in [0.3, 0.4) is 0 Å². The second-order valence-corrected chi connectivity index (χ2v) is 7.77. The first-order valence-corrected chi connectivity index (χ1v) is 8.39. The molecule has 0 aromatic carbocycles. The molecular weight excluding hydrogens is 274 g/mol. The highest BCUT2D eigenvalue weighted by molar-refractivity contribution is 7.86. The maximum Gasteiger partial charge on any atom is 0.281 e. The molecule has 0 spiro atoms. The zero-order valence-electron chi connectivity index (χ0n) is 12.4. The van der Waals surface area contributed by atoms with Gasteiger partial charge in [0.05, 0.1) is 0 Å². The Morgan fingerprint density at radius 1 is 1.40 bits per heavy atom. The van der Waals surface area contributed by atoms with Crippen molar-refractivity contribution in [2.75, 3.05) is 27.2 Å². The van der Waals surface area contributed by atoms with Crippen LogP contribution in [0.2, 0.25) is 0 Å². The molecule has 5 nitrogen and oxygen atoms in total. The molecule has 0 aliphatic carbocycles. The largest absolute Gasteiger partial charge is 0.281 e. The van der Waals surface area contributed by atoms with Crippen LogP contribution in [0.25, 0.3) is 0 Å². The highest BCUT2D eigenvalue weighted by atomic mass is 32.2. The van der Waals surface area contributed by atoms with Crippen LogP contribution in [-0.4, -0.2) is 49.2 Å². The van der Waals surface area contributed by atoms with Crippen LogP contribution in [-0.2, 0) is 16.6 Å². The molecule has 1 aromatic heterocycles. The lowest BCUT2D eigenvalue weighted by atomic mass is 9.94. The third-order valence-electron chi connectivity index (χ3n) is 3.71. The van der Waals surface area contributed by atoms with Gasteiger partial charge in [0.1, 0.15) is 0 Å². The molecule has 20 heavy (non-hydrogen) atoms. The van der Waals surface area contributed by atoms with E-state index in [4.69, 9.17) is 0 Å². The van der Waals surface area contributed by atoms with Gasteiger partial charge < -0.3 is 0 Å². The SMILES string of the molecule is Cc1cccc(C[C@H]2CCCN(S(=O)(=O)N(C)C)C2)n1. The summed E-state index contributed by atoms with van der Waals surface area (Å²) in [4.78, 5) is 4.51. The molecule has 2 heterocycles. The van der Waals surface area contributed by atoms with Crippen LogP contribution < -0.4 is 0 Å². The molecule has 1 atom stereocenters. The van der Waals surface area contributed by atoms with Gasteiger partial charge in [-0.3, -0.25) is 4.98 Å². The van der Waals surface area contributed by atoms with E-state index in [-0.39, 0.29) is 0 Å². The van der Waals surface area contributed by atoms with Gasteiger partial charge in [-0.15, -0.1) is 0 Å². The minimum absolute atomic E-state index is 0.354. The van der Waals surface area contributed by atoms with Gasteiger partial charge in [0.2, 0.25) is 0 Å². The van der Waals surface area contributed by atoms with Gasteiger partial charge in [0.25, 0.3) is 10.2 Å². The number of aryl methyl sites for hydroxylation is 1. The van der Waals surface area contributed by atoms with Crippen LogP contribution >= 0.6 is 0 Å². The van der Waals surface area contributed by atoms with Crippen LogP contribution in [0, 0.1) is 12.8 Å². The van der Waals surface area contributed by atoms with Gasteiger partial charge in [-0.05, 0) is 44.2 Å². The fraction of sp³-hybridized carbons (Fsp3) is 0.643. The summed E-state index contributed by atoms with van der Waals surface area (Å²) in [7, 11) is -0.118. The van der Waals surface area contributed by atoms with E-state index in [1.54, 1.807) is 18.4 Å². The Kier molecular flexibility index (Phi) is 4.78. The van der Waals surface area contributed by atoms with Gasteiger partial charge in [-0.1, -0.05) is 6.07 Å². The quantitative estimate of drug-likeness (QED) is 0.845. The summed E-state index contributed by atoms with van der Waals surface area (Å²) in [5.74, 6) is 0.354. The van der Waals surface area contributed by atoms with E-state index in [0.717, 1.165) is 30.7 Å². The Morgan fingerprint density at radius 3 is 2.80 bits per heavy atom. The molecule has 1 saturated heterocycles. The highest BCUT2D eigenvalue weighted by Crippen LogP contribution is 2.23. The van der Waals surface area contributed by atoms with Crippen molar-refractivity contribution in [3.8, 4) is 0 Å². The second kappa shape index (κ2) is 6.20. The lowest BCUT2D eigenvalue weighted by Crippen LogP contribution is -2.45. The van der Waals surface area contributed by atoms with Crippen molar-refractivity contribution in [3.63, 3.8) is 0 Å². The molecule has 0 saturated carbocycles. The van der Waals surface area contributed by atoms with E-state index >= 15 is 0 Å². The van der Waals surface area contributed by atoms with Crippen LogP contribution in [0.4, 0.5) is 0 Å². The van der Waals surface area contributed by atoms with E-state index < -0.39 is 10.2 Å². The predicted molar refractivity (Wildman–Crippen MR) is 79.6 cm³/mol. The monoisotopic (exact) mass is 297 g/mol. The molecule has 112 valence electrons. The zero-order valence-corrected chi connectivity index (χ0v) is 13.2. The summed E-state index contributed by atoms with van der Waals surface area (Å²) in [6.45, 7) is 3.20. The van der Waals surface area contributed by atoms with Crippen molar-refractivity contribution in [2.24, 2.45) is 5.92 Å². The molecule has 1 fully saturated rings. The summed E-state index contributed by atoms with van der Waals surface area (Å²) >= 11 is 0. The number of pyridine rings is 1. The fourth-order valence-corrected chi connectivity index (χ4v) is 3.86. The molecule has 1 aliphatic rings. The van der Waals surface area contributed by atoms with Crippen molar-refractivity contribution in [2.45, 2.75) is 26.2 Å². The molecule has 0 bridgehead atoms. The molecule has 0 unspecified atom stereocenters. The summed E-state index contributed by atoms with van der Waals surface area (Å²) in [5.41, 5.74) is 2.06. The lowest BCUT2D eigenvalue weighted by Gasteiger charge is -2.33. The van der Waals surface area contributed by atoms with Crippen molar-refractivity contribution in [3.05, 3.63) is 29.6 Å². The first kappa shape index (κ1) is 15.4. The van der Waals surface area contributed by atoms with E-state index in [2.05, 4.69) is 4.98 Å². The Labute approximate surface area is 121 Å². The smallest absolute Gasteiger partial charge is 0.258 e. The van der Waals surface area contributed by atoms with Gasteiger partial charge in [0.15, 0.2) is 0 Å². The van der Waals surface area contributed by atoms with Gasteiger partial charge >= 0.3 is 0 Å². The van der Waals surface area contributed by atoms with Crippen molar-refractivity contribution >= 4 is 10.2 Å². The predicted octanol–water partition coefficient (Wildman–Crippen LogP) is 1.45. The average molecular weight is 297 g/mol. The molecule has 0 N–H and O–H groups in total. The van der Waals surface area contributed by atoms with Gasteiger partial charge in [0, 0.05) is 38.6 Å². The number of nitrogens with zero attached hydrogens (tertiary/aromatic N) is 3. The van der Waals surface area contributed by atoms with E-state index in [1.165, 1.54) is 4.31 Å². The molecule has 0 radical (unpaired) electrons. The van der Waals surface area contributed by atoms with Crippen LogP contribution in [0.1, 0.15) is 24.2 Å². The third-order valence-corrected chi connectivity index (χ3v) is 5.62. The van der Waals surface area contributed by atoms with Gasteiger partial charge in [-0.25, -0.2) is 0 Å². The third kappa shape index (κ3) is 3.56. The minimum atomic E-state index is -3.29. The molecule has 0 amide bonds. The zero-order chi connectivity index (χ0) is 14.8. The van der Waals surface area contributed by atoms with Crippen LogP contribution in [0.5, 0.6) is 0 Å². The number of piperidine rings is 1. The van der Waals surface area contributed by atoms with Gasteiger partial charge in [-0.2, -0.15) is 17.0 Å². The summed E-state index contributed by atoms with van der Waals surface area (Å²) < 4.78 is 27.2. The second-order valence-electron chi connectivity index (χ2n) is 5.63. The number of hydrogen-bond acceptors (Lipinski definition) is 3. The number of aromatic nitrogens is 1. The topological polar surface area (TPSA) is 53.5 Å². The fourth-order valence-electron chi connectivity index (χ4n) is 2.64. The Bertz CT molecular complexity index is 557. The summed E-state index contributed by atoms with van der Waals surface area (Å²) in [5, 5.41) is 0. The molecule has 2 rings (SSSR count). The average Bonchev–Trinajstić information content (AvgIpc) is 2.39. The van der Waals surface area contributed by atoms with E-state index in [9.17, 15) is 8.42 Å². The lowest BCUT2D eigenvalue weighted by molar-refractivity contribution is 0.253. The van der Waals surface area contributed by atoms with E-state index in [0.29, 0.717) is 19.0 Å². The number of rotatable bonds is 4. The van der Waals surface area contributed by atoms with Crippen LogP contribution in [0.15, 0.2) is 18.2 Å². The minimum Gasteiger partial charge on any atom is -0.258 e. The Hall–Kier alpha value is -0.980. The molecule has 1 aromatic rings. The Balaban J connectivity index is 2.04. The van der Waals surface area contributed by atoms with Crippen molar-refractivity contribution in [1.29, 1.82) is 0 Å². The van der Waals surface area contributed by atoms with E-state index in [1.807, 2.05) is 25.1 Å². The number of hydrogen-bond donors (Lipinski definition) is 0. The van der Waals surface area contributed by atoms with Crippen molar-refractivity contribution in [1.82, 2.24) is 13.6 Å². The Morgan fingerprint density at radius 2 is 2.15 bits per heavy atom. The first-order valence-electron chi connectivity index (χ1n) is 6.99. The maximum atomic E-state index is 12.2. The molecule has 6 heteroatoms. The standard InChI is InChI=1S/C14H23N3O2S/c1-12-6-4-8-14(15-12)10-13-7-5-9-17(11-13)20(18,19)16(2)3/h4,6,8,13H,5,7,9-11H2,1-3H3/t13-/m1/s1. The molecule has 1 aliphatic heterocycles. The summed E-state index contributed by atoms with van der Waals surface area (Å²) in [6.07, 6.45) is 2.83. The maximum absolute atomic E-state index is 12.2. The highest BCUT2D eigenvalue weighted by Gasteiger charge is 2.30. The molecular formula is C14H23N3O2S. The normalized spacial score (nSPS) is 21.3. The summed E-state index contributed by atoms with van der Waals surface area (Å²) in [6, 6.07) is 6.01. The first-order chi connectivity index (χ1) is 9.39.